The summed E-state index contributed by atoms with van der Waals surface area (Å²) >= 11 is 0. The Morgan fingerprint density at radius 3 is 1.25 bits per heavy atom. The third-order valence-electron chi connectivity index (χ3n) is 3.22. The first-order valence-corrected chi connectivity index (χ1v) is 6.52. The van der Waals surface area contributed by atoms with Crippen LogP contribution < -0.4 is 0 Å². The molecule has 2 nitrogen and oxygen atoms in total. The minimum Gasteiger partial charge on any atom is -0.374 e. The lowest BCUT2D eigenvalue weighted by Crippen LogP contribution is -2.23. The van der Waals surface area contributed by atoms with Crippen molar-refractivity contribution < 1.29 is 10.2 Å². The molecular formula is C18H18O2. The van der Waals surface area contributed by atoms with Gasteiger partial charge in [-0.2, -0.15) is 0 Å². The van der Waals surface area contributed by atoms with Crippen LogP contribution in [0.15, 0.2) is 60.7 Å². The van der Waals surface area contributed by atoms with E-state index in [-0.39, 0.29) is 0 Å². The van der Waals surface area contributed by atoms with E-state index in [1.165, 1.54) is 0 Å². The highest BCUT2D eigenvalue weighted by atomic mass is 16.3. The molecule has 2 heteroatoms. The Labute approximate surface area is 119 Å². The highest BCUT2D eigenvalue weighted by Gasteiger charge is 2.23. The summed E-state index contributed by atoms with van der Waals surface area (Å²) in [5.74, 6) is 5.54. The molecule has 0 aliphatic heterocycles. The fraction of sp³-hybridized carbons (Fsp3) is 0.222. The van der Waals surface area contributed by atoms with Crippen molar-refractivity contribution in [2.45, 2.75) is 25.0 Å². The molecule has 2 aromatic rings. The maximum Gasteiger partial charge on any atom is 0.148 e. The number of hydrogen-bond donors (Lipinski definition) is 2. The largest absolute Gasteiger partial charge is 0.374 e. The zero-order valence-corrected chi connectivity index (χ0v) is 11.7. The van der Waals surface area contributed by atoms with E-state index in [9.17, 15) is 10.2 Å². The molecule has 2 rings (SSSR count). The normalized spacial score (nSPS) is 16.4. The van der Waals surface area contributed by atoms with Gasteiger partial charge in [0.2, 0.25) is 0 Å². The standard InChI is InChI=1S/C18H18O2/c1-17(19,15-9-5-3-6-10-15)13-14-18(2,20)16-11-7-4-8-12-16/h3-12,19-20H,1-2H3/t17-,18-/m0/s1. The van der Waals surface area contributed by atoms with E-state index in [0.717, 1.165) is 0 Å². The second-order valence-electron chi connectivity index (χ2n) is 5.13. The third-order valence-corrected chi connectivity index (χ3v) is 3.22. The van der Waals surface area contributed by atoms with Crippen molar-refractivity contribution in [2.75, 3.05) is 0 Å². The molecule has 0 unspecified atom stereocenters. The fourth-order valence-electron chi connectivity index (χ4n) is 1.91. The Bertz CT molecular complexity index is 561. The van der Waals surface area contributed by atoms with Crippen molar-refractivity contribution in [1.82, 2.24) is 0 Å². The molecule has 2 N–H and O–H groups in total. The van der Waals surface area contributed by atoms with Crippen LogP contribution in [0.5, 0.6) is 0 Å². The van der Waals surface area contributed by atoms with Gasteiger partial charge in [-0.25, -0.2) is 0 Å². The summed E-state index contributed by atoms with van der Waals surface area (Å²) in [4.78, 5) is 0. The van der Waals surface area contributed by atoms with Crippen LogP contribution >= 0.6 is 0 Å². The summed E-state index contributed by atoms with van der Waals surface area (Å²) in [6.45, 7) is 3.24. The van der Waals surface area contributed by atoms with Gasteiger partial charge >= 0.3 is 0 Å². The molecule has 102 valence electrons. The molecule has 0 heterocycles. The lowest BCUT2D eigenvalue weighted by molar-refractivity contribution is 0.109. The molecule has 0 saturated heterocycles. The van der Waals surface area contributed by atoms with Crippen molar-refractivity contribution in [1.29, 1.82) is 0 Å². The molecule has 0 saturated carbocycles. The van der Waals surface area contributed by atoms with E-state index in [4.69, 9.17) is 0 Å². The summed E-state index contributed by atoms with van der Waals surface area (Å²) in [7, 11) is 0. The second kappa shape index (κ2) is 5.50. The zero-order valence-electron chi connectivity index (χ0n) is 11.7. The topological polar surface area (TPSA) is 40.5 Å². The Balaban J connectivity index is 2.30. The van der Waals surface area contributed by atoms with Gasteiger partial charge in [-0.3, -0.25) is 0 Å². The van der Waals surface area contributed by atoms with Crippen LogP contribution in [0.25, 0.3) is 0 Å². The molecule has 0 aliphatic carbocycles. The van der Waals surface area contributed by atoms with Crippen molar-refractivity contribution in [3.8, 4) is 11.8 Å². The van der Waals surface area contributed by atoms with Gasteiger partial charge in [-0.15, -0.1) is 0 Å². The zero-order chi connectivity index (χ0) is 14.6. The van der Waals surface area contributed by atoms with Gasteiger partial charge in [0.25, 0.3) is 0 Å². The van der Waals surface area contributed by atoms with Crippen molar-refractivity contribution in [3.05, 3.63) is 71.8 Å². The van der Waals surface area contributed by atoms with Gasteiger partial charge < -0.3 is 10.2 Å². The van der Waals surface area contributed by atoms with E-state index in [1.807, 2.05) is 60.7 Å². The monoisotopic (exact) mass is 266 g/mol. The van der Waals surface area contributed by atoms with Crippen LogP contribution in [0.4, 0.5) is 0 Å². The lowest BCUT2D eigenvalue weighted by Gasteiger charge is -2.20. The Kier molecular flexibility index (Phi) is 3.94. The van der Waals surface area contributed by atoms with Gasteiger partial charge in [0.15, 0.2) is 0 Å². The predicted molar refractivity (Wildman–Crippen MR) is 79.8 cm³/mol. The van der Waals surface area contributed by atoms with Crippen LogP contribution in [-0.4, -0.2) is 10.2 Å². The molecule has 0 fully saturated rings. The highest BCUT2D eigenvalue weighted by Crippen LogP contribution is 2.22. The summed E-state index contributed by atoms with van der Waals surface area (Å²) in [6, 6.07) is 18.4. The molecule has 0 aliphatic rings. The maximum absolute atomic E-state index is 10.4. The third kappa shape index (κ3) is 3.27. The number of benzene rings is 2. The van der Waals surface area contributed by atoms with E-state index < -0.39 is 11.2 Å². The summed E-state index contributed by atoms with van der Waals surface area (Å²) < 4.78 is 0. The summed E-state index contributed by atoms with van der Waals surface area (Å²) in [6.07, 6.45) is 0. The predicted octanol–water partition coefficient (Wildman–Crippen LogP) is 2.81. The van der Waals surface area contributed by atoms with Gasteiger partial charge in [0, 0.05) is 0 Å². The van der Waals surface area contributed by atoms with E-state index in [2.05, 4.69) is 11.8 Å². The molecule has 0 amide bonds. The Morgan fingerprint density at radius 2 is 0.950 bits per heavy atom. The molecule has 2 atom stereocenters. The minimum atomic E-state index is -1.29. The fourth-order valence-corrected chi connectivity index (χ4v) is 1.91. The number of hydrogen-bond acceptors (Lipinski definition) is 2. The van der Waals surface area contributed by atoms with E-state index >= 15 is 0 Å². The average molecular weight is 266 g/mol. The minimum absolute atomic E-state index is 0.705. The molecule has 20 heavy (non-hydrogen) atoms. The van der Waals surface area contributed by atoms with Crippen LogP contribution in [0.1, 0.15) is 25.0 Å². The van der Waals surface area contributed by atoms with Crippen molar-refractivity contribution in [2.24, 2.45) is 0 Å². The number of aliphatic hydroxyl groups is 2. The Hall–Kier alpha value is -2.08. The van der Waals surface area contributed by atoms with E-state index in [0.29, 0.717) is 11.1 Å². The molecule has 0 bridgehead atoms. The van der Waals surface area contributed by atoms with Gasteiger partial charge in [0.1, 0.15) is 11.2 Å². The van der Waals surface area contributed by atoms with Crippen LogP contribution in [0, 0.1) is 11.8 Å². The SMILES string of the molecule is C[C@](O)(C#C[C@](C)(O)c1ccccc1)c1ccccc1. The van der Waals surface area contributed by atoms with Gasteiger partial charge in [-0.05, 0) is 25.0 Å². The first-order valence-electron chi connectivity index (χ1n) is 6.52. The lowest BCUT2D eigenvalue weighted by atomic mass is 9.92. The molecule has 0 spiro atoms. The van der Waals surface area contributed by atoms with Crippen LogP contribution in [0.3, 0.4) is 0 Å². The molecule has 2 aromatic carbocycles. The van der Waals surface area contributed by atoms with Gasteiger partial charge in [-0.1, -0.05) is 72.5 Å². The molecular weight excluding hydrogens is 248 g/mol. The number of rotatable bonds is 2. The van der Waals surface area contributed by atoms with Crippen LogP contribution in [0.2, 0.25) is 0 Å². The molecule has 0 radical (unpaired) electrons. The quantitative estimate of drug-likeness (QED) is 0.821. The van der Waals surface area contributed by atoms with E-state index in [1.54, 1.807) is 13.8 Å². The first-order chi connectivity index (χ1) is 9.42. The average Bonchev–Trinajstić information content (AvgIpc) is 2.47. The van der Waals surface area contributed by atoms with Crippen LogP contribution in [-0.2, 0) is 11.2 Å². The maximum atomic E-state index is 10.4. The van der Waals surface area contributed by atoms with Crippen molar-refractivity contribution in [3.63, 3.8) is 0 Å². The highest BCUT2D eigenvalue weighted by molar-refractivity contribution is 5.36. The second-order valence-corrected chi connectivity index (χ2v) is 5.13. The smallest absolute Gasteiger partial charge is 0.148 e. The van der Waals surface area contributed by atoms with Gasteiger partial charge in [0.05, 0.1) is 0 Å². The summed E-state index contributed by atoms with van der Waals surface area (Å²) in [5, 5.41) is 20.8. The van der Waals surface area contributed by atoms with Crippen molar-refractivity contribution >= 4 is 0 Å². The molecule has 0 aromatic heterocycles. The Morgan fingerprint density at radius 1 is 0.650 bits per heavy atom. The first kappa shape index (κ1) is 14.3. The summed E-state index contributed by atoms with van der Waals surface area (Å²) in [5.41, 5.74) is -1.17.